The molecule has 0 radical (unpaired) electrons. The number of carbonyl (C=O) groups is 2. The standard InChI is InChI=1S/C23H22O7/c1-13(24)30-22-14-8-6-11-18(27-3)21(14)19(28-4)12-16(22)20-15(23(25)29-5)9-7-10-17(20)26-2/h6-12H,1-5H3. The fraction of sp³-hybridized carbons (Fsp3) is 0.217. The predicted octanol–water partition coefficient (Wildman–Crippen LogP) is 4.24. The fourth-order valence-corrected chi connectivity index (χ4v) is 3.42. The molecule has 0 fully saturated rings. The van der Waals surface area contributed by atoms with Crippen LogP contribution in [0.2, 0.25) is 0 Å². The van der Waals surface area contributed by atoms with Gasteiger partial charge < -0.3 is 23.7 Å². The monoisotopic (exact) mass is 410 g/mol. The van der Waals surface area contributed by atoms with Crippen LogP contribution in [0.5, 0.6) is 23.0 Å². The van der Waals surface area contributed by atoms with Crippen molar-refractivity contribution in [3.8, 4) is 34.1 Å². The maximum absolute atomic E-state index is 12.5. The maximum Gasteiger partial charge on any atom is 0.338 e. The van der Waals surface area contributed by atoms with Crippen LogP contribution in [0.25, 0.3) is 21.9 Å². The average Bonchev–Trinajstić information content (AvgIpc) is 2.77. The molecule has 0 N–H and O–H groups in total. The van der Waals surface area contributed by atoms with Gasteiger partial charge in [0.05, 0.1) is 39.4 Å². The van der Waals surface area contributed by atoms with Crippen LogP contribution in [0.4, 0.5) is 0 Å². The highest BCUT2D eigenvalue weighted by molar-refractivity contribution is 6.07. The second kappa shape index (κ2) is 8.73. The van der Waals surface area contributed by atoms with Gasteiger partial charge in [0.2, 0.25) is 0 Å². The van der Waals surface area contributed by atoms with Crippen molar-refractivity contribution in [1.82, 2.24) is 0 Å². The van der Waals surface area contributed by atoms with Gasteiger partial charge in [-0.15, -0.1) is 0 Å². The first-order valence-electron chi connectivity index (χ1n) is 9.08. The third-order valence-electron chi connectivity index (χ3n) is 4.64. The number of hydrogen-bond acceptors (Lipinski definition) is 7. The molecule has 0 heterocycles. The van der Waals surface area contributed by atoms with E-state index in [2.05, 4.69) is 0 Å². The highest BCUT2D eigenvalue weighted by Crippen LogP contribution is 2.48. The van der Waals surface area contributed by atoms with E-state index in [1.165, 1.54) is 28.3 Å². The molecule has 3 aromatic carbocycles. The molecule has 7 heteroatoms. The Morgan fingerprint density at radius 2 is 1.43 bits per heavy atom. The highest BCUT2D eigenvalue weighted by atomic mass is 16.5. The van der Waals surface area contributed by atoms with Gasteiger partial charge in [0.15, 0.2) is 0 Å². The summed E-state index contributed by atoms with van der Waals surface area (Å²) in [5, 5.41) is 1.22. The largest absolute Gasteiger partial charge is 0.496 e. The molecule has 0 aliphatic rings. The fourth-order valence-electron chi connectivity index (χ4n) is 3.42. The van der Waals surface area contributed by atoms with Gasteiger partial charge in [-0.3, -0.25) is 4.79 Å². The van der Waals surface area contributed by atoms with Crippen molar-refractivity contribution < 1.29 is 33.3 Å². The van der Waals surface area contributed by atoms with E-state index in [4.69, 9.17) is 23.7 Å². The number of esters is 2. The van der Waals surface area contributed by atoms with Crippen LogP contribution in [0.15, 0.2) is 42.5 Å². The lowest BCUT2D eigenvalue weighted by molar-refractivity contribution is -0.131. The lowest BCUT2D eigenvalue weighted by atomic mass is 9.93. The molecule has 0 saturated heterocycles. The Hall–Kier alpha value is -3.74. The SMILES string of the molecule is COC(=O)c1cccc(OC)c1-c1cc(OC)c2c(OC)cccc2c1OC(C)=O. The zero-order valence-corrected chi connectivity index (χ0v) is 17.4. The molecule has 0 unspecified atom stereocenters. The predicted molar refractivity (Wildman–Crippen MR) is 112 cm³/mol. The smallest absolute Gasteiger partial charge is 0.338 e. The van der Waals surface area contributed by atoms with Crippen LogP contribution < -0.4 is 18.9 Å². The first-order valence-corrected chi connectivity index (χ1v) is 9.08. The first kappa shape index (κ1) is 21.0. The van der Waals surface area contributed by atoms with Gasteiger partial charge in [0, 0.05) is 23.4 Å². The summed E-state index contributed by atoms with van der Waals surface area (Å²) >= 11 is 0. The van der Waals surface area contributed by atoms with Crippen molar-refractivity contribution >= 4 is 22.7 Å². The number of benzene rings is 3. The minimum atomic E-state index is -0.553. The van der Waals surface area contributed by atoms with Crippen molar-refractivity contribution in [3.05, 3.63) is 48.0 Å². The van der Waals surface area contributed by atoms with Crippen molar-refractivity contribution in [2.45, 2.75) is 6.92 Å². The van der Waals surface area contributed by atoms with Gasteiger partial charge in [0.25, 0.3) is 0 Å². The van der Waals surface area contributed by atoms with Crippen LogP contribution in [-0.2, 0) is 9.53 Å². The third kappa shape index (κ3) is 3.61. The Balaban J connectivity index is 2.51. The number of ether oxygens (including phenoxy) is 5. The summed E-state index contributed by atoms with van der Waals surface area (Å²) in [6.07, 6.45) is 0. The highest BCUT2D eigenvalue weighted by Gasteiger charge is 2.25. The van der Waals surface area contributed by atoms with E-state index in [9.17, 15) is 9.59 Å². The Morgan fingerprint density at radius 3 is 2.03 bits per heavy atom. The van der Waals surface area contributed by atoms with Gasteiger partial charge in [-0.1, -0.05) is 18.2 Å². The summed E-state index contributed by atoms with van der Waals surface area (Å²) in [6.45, 7) is 1.31. The van der Waals surface area contributed by atoms with E-state index in [0.717, 1.165) is 0 Å². The molecule has 3 rings (SSSR count). The summed E-state index contributed by atoms with van der Waals surface area (Å²) in [7, 11) is 5.86. The molecule has 0 spiro atoms. The van der Waals surface area contributed by atoms with Gasteiger partial charge in [-0.2, -0.15) is 0 Å². The number of hydrogen-bond donors (Lipinski definition) is 0. The van der Waals surface area contributed by atoms with Crippen molar-refractivity contribution in [1.29, 1.82) is 0 Å². The van der Waals surface area contributed by atoms with E-state index < -0.39 is 11.9 Å². The van der Waals surface area contributed by atoms with Crippen LogP contribution in [0.1, 0.15) is 17.3 Å². The summed E-state index contributed by atoms with van der Waals surface area (Å²) in [6, 6.07) is 12.0. The molecule has 3 aromatic rings. The Bertz CT molecular complexity index is 1120. The summed E-state index contributed by atoms with van der Waals surface area (Å²) in [4.78, 5) is 24.5. The first-order chi connectivity index (χ1) is 14.5. The second-order valence-electron chi connectivity index (χ2n) is 6.31. The van der Waals surface area contributed by atoms with Gasteiger partial charge in [-0.25, -0.2) is 4.79 Å². The molecule has 0 aliphatic carbocycles. The minimum Gasteiger partial charge on any atom is -0.496 e. The molecule has 156 valence electrons. The van der Waals surface area contributed by atoms with E-state index in [1.54, 1.807) is 49.6 Å². The molecule has 0 aromatic heterocycles. The molecular weight excluding hydrogens is 388 g/mol. The van der Waals surface area contributed by atoms with Crippen molar-refractivity contribution in [3.63, 3.8) is 0 Å². The second-order valence-corrected chi connectivity index (χ2v) is 6.31. The van der Waals surface area contributed by atoms with Crippen molar-refractivity contribution in [2.24, 2.45) is 0 Å². The van der Waals surface area contributed by atoms with Crippen LogP contribution in [-0.4, -0.2) is 40.4 Å². The van der Waals surface area contributed by atoms with Crippen LogP contribution >= 0.6 is 0 Å². The van der Waals surface area contributed by atoms with Crippen molar-refractivity contribution in [2.75, 3.05) is 28.4 Å². The van der Waals surface area contributed by atoms with E-state index in [1.807, 2.05) is 0 Å². The Kier molecular flexibility index (Phi) is 6.11. The summed E-state index contributed by atoms with van der Waals surface area (Å²) in [5.41, 5.74) is 1.13. The number of fused-ring (bicyclic) bond motifs is 1. The van der Waals surface area contributed by atoms with Gasteiger partial charge in [-0.05, 0) is 24.3 Å². The van der Waals surface area contributed by atoms with Gasteiger partial charge in [0.1, 0.15) is 23.0 Å². The Labute approximate surface area is 174 Å². The summed E-state index contributed by atoms with van der Waals surface area (Å²) < 4.78 is 27.2. The van der Waals surface area contributed by atoms with E-state index in [-0.39, 0.29) is 11.3 Å². The number of methoxy groups -OCH3 is 4. The molecule has 0 saturated carbocycles. The molecule has 0 bridgehead atoms. The Morgan fingerprint density at radius 1 is 0.800 bits per heavy atom. The zero-order valence-electron chi connectivity index (χ0n) is 17.4. The molecular formula is C23H22O7. The van der Waals surface area contributed by atoms with Crippen LogP contribution in [0.3, 0.4) is 0 Å². The zero-order chi connectivity index (χ0) is 21.8. The van der Waals surface area contributed by atoms with E-state index in [0.29, 0.717) is 39.1 Å². The average molecular weight is 410 g/mol. The lowest BCUT2D eigenvalue weighted by Gasteiger charge is -2.20. The quantitative estimate of drug-likeness (QED) is 0.444. The minimum absolute atomic E-state index is 0.256. The maximum atomic E-state index is 12.5. The normalized spacial score (nSPS) is 10.4. The van der Waals surface area contributed by atoms with Gasteiger partial charge >= 0.3 is 11.9 Å². The third-order valence-corrected chi connectivity index (χ3v) is 4.64. The van der Waals surface area contributed by atoms with Crippen LogP contribution in [0, 0.1) is 0 Å². The molecule has 0 aliphatic heterocycles. The summed E-state index contributed by atoms with van der Waals surface area (Å²) in [5.74, 6) is 0.637. The molecule has 30 heavy (non-hydrogen) atoms. The number of rotatable bonds is 6. The lowest BCUT2D eigenvalue weighted by Crippen LogP contribution is -2.08. The van der Waals surface area contributed by atoms with E-state index >= 15 is 0 Å². The topological polar surface area (TPSA) is 80.3 Å². The number of carbonyl (C=O) groups excluding carboxylic acids is 2. The molecule has 7 nitrogen and oxygen atoms in total. The molecule has 0 atom stereocenters. The molecule has 0 amide bonds.